The van der Waals surface area contributed by atoms with Crippen molar-refractivity contribution in [1.29, 1.82) is 0 Å². The van der Waals surface area contributed by atoms with Crippen molar-refractivity contribution in [1.82, 2.24) is 4.90 Å². The Bertz CT molecular complexity index is 534. The van der Waals surface area contributed by atoms with E-state index in [1.807, 2.05) is 30.3 Å². The lowest BCUT2D eigenvalue weighted by molar-refractivity contribution is -0.160. The molecule has 0 saturated heterocycles. The number of ether oxygens (including phenoxy) is 2. The average molecular weight is 319 g/mol. The van der Waals surface area contributed by atoms with Crippen molar-refractivity contribution in [3.8, 4) is 0 Å². The van der Waals surface area contributed by atoms with E-state index in [0.29, 0.717) is 0 Å². The Morgan fingerprint density at radius 3 is 2.39 bits per heavy atom. The van der Waals surface area contributed by atoms with Crippen molar-refractivity contribution >= 4 is 12.1 Å². The van der Waals surface area contributed by atoms with Gasteiger partial charge in [-0.15, -0.1) is 6.58 Å². The highest BCUT2D eigenvalue weighted by Gasteiger charge is 2.30. The Morgan fingerprint density at radius 1 is 1.26 bits per heavy atom. The van der Waals surface area contributed by atoms with Crippen LogP contribution >= 0.6 is 0 Å². The van der Waals surface area contributed by atoms with Gasteiger partial charge in [0.05, 0.1) is 0 Å². The standard InChI is InChI=1S/C18H25NO4/c1-6-12-19(14(2)16(20)23-18(3,4)5)17(21)22-13-15-10-8-7-9-11-15/h6-11,14H,1,12-13H2,2-5H3/t14-/m1/s1. The summed E-state index contributed by atoms with van der Waals surface area (Å²) in [6.07, 6.45) is 0.970. The van der Waals surface area contributed by atoms with Gasteiger partial charge in [-0.2, -0.15) is 0 Å². The number of rotatable bonds is 6. The van der Waals surface area contributed by atoms with E-state index in [4.69, 9.17) is 9.47 Å². The van der Waals surface area contributed by atoms with Crippen LogP contribution in [0.1, 0.15) is 33.3 Å². The molecule has 0 aliphatic heterocycles. The Hall–Kier alpha value is -2.30. The largest absolute Gasteiger partial charge is 0.458 e. The van der Waals surface area contributed by atoms with E-state index < -0.39 is 23.7 Å². The third kappa shape index (κ3) is 6.55. The highest BCUT2D eigenvalue weighted by Crippen LogP contribution is 2.13. The maximum Gasteiger partial charge on any atom is 0.411 e. The number of amides is 1. The van der Waals surface area contributed by atoms with Gasteiger partial charge in [0, 0.05) is 6.54 Å². The van der Waals surface area contributed by atoms with Crippen LogP contribution in [0.3, 0.4) is 0 Å². The maximum absolute atomic E-state index is 12.3. The number of carbonyl (C=O) groups excluding carboxylic acids is 2. The minimum Gasteiger partial charge on any atom is -0.458 e. The lowest BCUT2D eigenvalue weighted by Crippen LogP contribution is -2.46. The topological polar surface area (TPSA) is 55.8 Å². The first-order valence-electron chi connectivity index (χ1n) is 7.55. The van der Waals surface area contributed by atoms with Crippen LogP contribution < -0.4 is 0 Å². The SMILES string of the molecule is C=CCN(C(=O)OCc1ccccc1)[C@H](C)C(=O)OC(C)(C)C. The lowest BCUT2D eigenvalue weighted by Gasteiger charge is -2.29. The summed E-state index contributed by atoms with van der Waals surface area (Å²) in [5.74, 6) is -0.476. The van der Waals surface area contributed by atoms with Gasteiger partial charge in [-0.3, -0.25) is 4.90 Å². The summed E-state index contributed by atoms with van der Waals surface area (Å²) in [5, 5.41) is 0. The van der Waals surface area contributed by atoms with Crippen molar-refractivity contribution < 1.29 is 19.1 Å². The van der Waals surface area contributed by atoms with E-state index in [9.17, 15) is 9.59 Å². The van der Waals surface area contributed by atoms with Crippen molar-refractivity contribution in [2.45, 2.75) is 45.9 Å². The third-order valence-corrected chi connectivity index (χ3v) is 2.98. The first-order valence-corrected chi connectivity index (χ1v) is 7.55. The molecule has 0 radical (unpaired) electrons. The molecule has 1 aromatic rings. The second kappa shape index (κ2) is 8.36. The molecule has 1 aromatic carbocycles. The van der Waals surface area contributed by atoms with E-state index in [1.54, 1.807) is 33.8 Å². The van der Waals surface area contributed by atoms with E-state index in [-0.39, 0.29) is 13.2 Å². The average Bonchev–Trinajstić information content (AvgIpc) is 2.49. The summed E-state index contributed by atoms with van der Waals surface area (Å²) < 4.78 is 10.6. The molecule has 1 atom stereocenters. The molecular formula is C18H25NO4. The first kappa shape index (κ1) is 18.7. The van der Waals surface area contributed by atoms with Crippen LogP contribution in [0.4, 0.5) is 4.79 Å². The van der Waals surface area contributed by atoms with E-state index in [2.05, 4.69) is 6.58 Å². The Balaban J connectivity index is 2.70. The van der Waals surface area contributed by atoms with Crippen molar-refractivity contribution in [2.75, 3.05) is 6.54 Å². The number of benzene rings is 1. The highest BCUT2D eigenvalue weighted by molar-refractivity contribution is 5.81. The predicted molar refractivity (Wildman–Crippen MR) is 88.8 cm³/mol. The van der Waals surface area contributed by atoms with Gasteiger partial charge in [0.1, 0.15) is 18.2 Å². The molecule has 0 heterocycles. The van der Waals surface area contributed by atoms with E-state index >= 15 is 0 Å². The molecule has 0 aliphatic rings. The van der Waals surface area contributed by atoms with Gasteiger partial charge < -0.3 is 9.47 Å². The van der Waals surface area contributed by atoms with Crippen LogP contribution in [-0.2, 0) is 20.9 Å². The molecule has 23 heavy (non-hydrogen) atoms. The number of nitrogens with zero attached hydrogens (tertiary/aromatic N) is 1. The normalized spacial score (nSPS) is 12.2. The van der Waals surface area contributed by atoms with Gasteiger partial charge >= 0.3 is 12.1 Å². The van der Waals surface area contributed by atoms with Crippen molar-refractivity contribution in [3.05, 3.63) is 48.6 Å². The highest BCUT2D eigenvalue weighted by atomic mass is 16.6. The molecule has 5 nitrogen and oxygen atoms in total. The van der Waals surface area contributed by atoms with Crippen LogP contribution in [0.25, 0.3) is 0 Å². The molecule has 0 saturated carbocycles. The number of hydrogen-bond donors (Lipinski definition) is 0. The Morgan fingerprint density at radius 2 is 1.87 bits per heavy atom. The van der Waals surface area contributed by atoms with Gasteiger partial charge in [0.2, 0.25) is 0 Å². The van der Waals surface area contributed by atoms with Crippen LogP contribution in [0, 0.1) is 0 Å². The van der Waals surface area contributed by atoms with Gasteiger partial charge in [0.15, 0.2) is 0 Å². The van der Waals surface area contributed by atoms with Crippen molar-refractivity contribution in [3.63, 3.8) is 0 Å². The van der Waals surface area contributed by atoms with Crippen molar-refractivity contribution in [2.24, 2.45) is 0 Å². The minimum absolute atomic E-state index is 0.147. The Labute approximate surface area is 137 Å². The van der Waals surface area contributed by atoms with Crippen LogP contribution in [0.2, 0.25) is 0 Å². The molecule has 0 spiro atoms. The third-order valence-electron chi connectivity index (χ3n) is 2.98. The minimum atomic E-state index is -0.754. The summed E-state index contributed by atoms with van der Waals surface area (Å²) in [6.45, 7) is 10.9. The molecule has 0 bridgehead atoms. The summed E-state index contributed by atoms with van der Waals surface area (Å²) >= 11 is 0. The van der Waals surface area contributed by atoms with Gasteiger partial charge in [-0.05, 0) is 33.3 Å². The molecule has 1 amide bonds. The number of hydrogen-bond acceptors (Lipinski definition) is 4. The molecule has 0 aromatic heterocycles. The van der Waals surface area contributed by atoms with E-state index in [1.165, 1.54) is 4.90 Å². The zero-order chi connectivity index (χ0) is 17.5. The molecule has 0 unspecified atom stereocenters. The van der Waals surface area contributed by atoms with E-state index in [0.717, 1.165) is 5.56 Å². The predicted octanol–water partition coefficient (Wildman–Crippen LogP) is 3.54. The first-order chi connectivity index (χ1) is 10.7. The van der Waals surface area contributed by atoms with Gasteiger partial charge in [-0.25, -0.2) is 9.59 Å². The van der Waals surface area contributed by atoms with Crippen LogP contribution in [-0.4, -0.2) is 35.2 Å². The lowest BCUT2D eigenvalue weighted by atomic mass is 10.2. The summed E-state index contributed by atoms with van der Waals surface area (Å²) in [6, 6.07) is 8.60. The van der Waals surface area contributed by atoms with Gasteiger partial charge in [-0.1, -0.05) is 36.4 Å². The fourth-order valence-electron chi connectivity index (χ4n) is 1.85. The number of esters is 1. The zero-order valence-electron chi connectivity index (χ0n) is 14.2. The number of carbonyl (C=O) groups is 2. The molecular weight excluding hydrogens is 294 g/mol. The maximum atomic E-state index is 12.3. The molecule has 5 heteroatoms. The molecule has 0 fully saturated rings. The fraction of sp³-hybridized carbons (Fsp3) is 0.444. The Kier molecular flexibility index (Phi) is 6.82. The quantitative estimate of drug-likeness (QED) is 0.594. The van der Waals surface area contributed by atoms with Crippen LogP contribution in [0.15, 0.2) is 43.0 Å². The smallest absolute Gasteiger partial charge is 0.411 e. The fourth-order valence-corrected chi connectivity index (χ4v) is 1.85. The van der Waals surface area contributed by atoms with Crippen LogP contribution in [0.5, 0.6) is 0 Å². The molecule has 126 valence electrons. The summed E-state index contributed by atoms with van der Waals surface area (Å²) in [7, 11) is 0. The second-order valence-corrected chi connectivity index (χ2v) is 6.19. The molecule has 0 N–H and O–H groups in total. The molecule has 0 aliphatic carbocycles. The zero-order valence-corrected chi connectivity index (χ0v) is 14.2. The monoisotopic (exact) mass is 319 g/mol. The molecule has 1 rings (SSSR count). The van der Waals surface area contributed by atoms with Gasteiger partial charge in [0.25, 0.3) is 0 Å². The summed E-state index contributed by atoms with van der Waals surface area (Å²) in [5.41, 5.74) is 0.267. The second-order valence-electron chi connectivity index (χ2n) is 6.19. The summed E-state index contributed by atoms with van der Waals surface area (Å²) in [4.78, 5) is 25.7.